The van der Waals surface area contributed by atoms with Gasteiger partial charge in [0, 0.05) is 5.57 Å². The average Bonchev–Trinajstić information content (AvgIpc) is 2.83. The minimum atomic E-state index is 0.580. The molecule has 0 N–H and O–H groups in total. The van der Waals surface area contributed by atoms with Crippen molar-refractivity contribution in [2.75, 3.05) is 0 Å². The summed E-state index contributed by atoms with van der Waals surface area (Å²) in [4.78, 5) is 12.3. The van der Waals surface area contributed by atoms with E-state index in [2.05, 4.69) is 42.3 Å². The zero-order valence-corrected chi connectivity index (χ0v) is 16.7. The summed E-state index contributed by atoms with van der Waals surface area (Å²) in [6.45, 7) is 0. The van der Waals surface area contributed by atoms with Gasteiger partial charge in [-0.25, -0.2) is 4.79 Å². The molecule has 4 rings (SSSR count). The van der Waals surface area contributed by atoms with Gasteiger partial charge in [-0.1, -0.05) is 121 Å². The molecular formula is C29H22O. The third-order valence-corrected chi connectivity index (χ3v) is 5.12. The van der Waals surface area contributed by atoms with E-state index in [-0.39, 0.29) is 0 Å². The van der Waals surface area contributed by atoms with Gasteiger partial charge in [-0.05, 0) is 34.2 Å². The molecule has 0 radical (unpaired) electrons. The maximum absolute atomic E-state index is 12.3. The van der Waals surface area contributed by atoms with Crippen molar-refractivity contribution in [1.29, 1.82) is 0 Å². The van der Waals surface area contributed by atoms with Gasteiger partial charge in [0.15, 0.2) is 0 Å². The summed E-state index contributed by atoms with van der Waals surface area (Å²) in [5.74, 6) is 2.26. The summed E-state index contributed by atoms with van der Waals surface area (Å²) in [6, 6.07) is 40.6. The standard InChI is InChI=1S/C29H22O/c30-22-28(25-17-9-3-10-18-25)29(26-19-11-4-12-20-26)27(24-15-7-2-8-16-24)21-23-13-5-1-6-14-23/h1-20H,21H2. The van der Waals surface area contributed by atoms with E-state index in [9.17, 15) is 4.79 Å². The lowest BCUT2D eigenvalue weighted by Crippen LogP contribution is -2.00. The average molecular weight is 386 g/mol. The highest BCUT2D eigenvalue weighted by atomic mass is 16.1. The molecule has 0 unspecified atom stereocenters. The van der Waals surface area contributed by atoms with Crippen LogP contribution in [0.15, 0.2) is 121 Å². The van der Waals surface area contributed by atoms with Gasteiger partial charge < -0.3 is 0 Å². The van der Waals surface area contributed by atoms with Crippen molar-refractivity contribution < 1.29 is 4.79 Å². The monoisotopic (exact) mass is 386 g/mol. The van der Waals surface area contributed by atoms with Gasteiger partial charge in [0.05, 0.1) is 5.57 Å². The molecular weight excluding hydrogens is 364 g/mol. The van der Waals surface area contributed by atoms with Crippen LogP contribution in [0, 0.1) is 0 Å². The van der Waals surface area contributed by atoms with E-state index in [4.69, 9.17) is 0 Å². The van der Waals surface area contributed by atoms with Crippen LogP contribution in [0.2, 0.25) is 0 Å². The van der Waals surface area contributed by atoms with E-state index in [1.807, 2.05) is 84.9 Å². The van der Waals surface area contributed by atoms with Crippen LogP contribution in [-0.2, 0) is 11.2 Å². The van der Waals surface area contributed by atoms with E-state index in [0.29, 0.717) is 12.0 Å². The minimum Gasteiger partial charge on any atom is -0.233 e. The van der Waals surface area contributed by atoms with Gasteiger partial charge in [0.1, 0.15) is 5.94 Å². The molecule has 0 aromatic heterocycles. The Labute approximate surface area is 177 Å². The molecule has 1 heteroatoms. The van der Waals surface area contributed by atoms with Crippen molar-refractivity contribution in [2.45, 2.75) is 6.42 Å². The predicted octanol–water partition coefficient (Wildman–Crippen LogP) is 6.76. The van der Waals surface area contributed by atoms with Gasteiger partial charge in [0.25, 0.3) is 0 Å². The number of carbonyl (C=O) groups excluding carboxylic acids is 1. The van der Waals surface area contributed by atoms with Crippen molar-refractivity contribution in [3.8, 4) is 0 Å². The molecule has 1 nitrogen and oxygen atoms in total. The molecule has 0 spiro atoms. The molecule has 0 heterocycles. The molecule has 0 aliphatic rings. The van der Waals surface area contributed by atoms with E-state index in [1.165, 1.54) is 5.56 Å². The summed E-state index contributed by atoms with van der Waals surface area (Å²) < 4.78 is 0. The number of rotatable bonds is 6. The topological polar surface area (TPSA) is 17.1 Å². The SMILES string of the molecule is O=C=C(C(=C(Cc1ccccc1)c1ccccc1)c1ccccc1)c1ccccc1. The van der Waals surface area contributed by atoms with Gasteiger partial charge in [-0.15, -0.1) is 0 Å². The summed E-state index contributed by atoms with van der Waals surface area (Å²) in [7, 11) is 0. The van der Waals surface area contributed by atoms with Crippen LogP contribution < -0.4 is 0 Å². The van der Waals surface area contributed by atoms with E-state index in [0.717, 1.165) is 27.8 Å². The molecule has 30 heavy (non-hydrogen) atoms. The zero-order chi connectivity index (χ0) is 20.6. The Kier molecular flexibility index (Phi) is 6.15. The van der Waals surface area contributed by atoms with Crippen LogP contribution >= 0.6 is 0 Å². The molecule has 4 aromatic rings. The summed E-state index contributed by atoms with van der Waals surface area (Å²) >= 11 is 0. The van der Waals surface area contributed by atoms with E-state index < -0.39 is 0 Å². The largest absolute Gasteiger partial charge is 0.233 e. The Morgan fingerprint density at radius 2 is 0.967 bits per heavy atom. The predicted molar refractivity (Wildman–Crippen MR) is 125 cm³/mol. The lowest BCUT2D eigenvalue weighted by molar-refractivity contribution is 0.569. The Bertz CT molecular complexity index is 1170. The molecule has 0 amide bonds. The Morgan fingerprint density at radius 1 is 0.533 bits per heavy atom. The third kappa shape index (κ3) is 4.38. The summed E-state index contributed by atoms with van der Waals surface area (Å²) in [5, 5.41) is 0. The first kappa shape index (κ1) is 19.4. The molecule has 0 atom stereocenters. The van der Waals surface area contributed by atoms with Gasteiger partial charge in [0.2, 0.25) is 0 Å². The molecule has 0 fully saturated rings. The summed E-state index contributed by atoms with van der Waals surface area (Å²) in [6.07, 6.45) is 0.715. The molecule has 4 aromatic carbocycles. The fourth-order valence-electron chi connectivity index (χ4n) is 3.71. The fourth-order valence-corrected chi connectivity index (χ4v) is 3.71. The highest BCUT2D eigenvalue weighted by Gasteiger charge is 2.19. The fraction of sp³-hybridized carbons (Fsp3) is 0.0345. The van der Waals surface area contributed by atoms with Crippen LogP contribution in [0.1, 0.15) is 22.3 Å². The van der Waals surface area contributed by atoms with Gasteiger partial charge >= 0.3 is 0 Å². The van der Waals surface area contributed by atoms with E-state index in [1.54, 1.807) is 0 Å². The maximum atomic E-state index is 12.3. The van der Waals surface area contributed by atoms with Crippen LogP contribution in [0.25, 0.3) is 16.7 Å². The molecule has 0 saturated heterocycles. The Morgan fingerprint density at radius 3 is 1.47 bits per heavy atom. The van der Waals surface area contributed by atoms with Crippen molar-refractivity contribution in [3.05, 3.63) is 144 Å². The van der Waals surface area contributed by atoms with E-state index >= 15 is 0 Å². The van der Waals surface area contributed by atoms with Crippen LogP contribution in [0.5, 0.6) is 0 Å². The highest BCUT2D eigenvalue weighted by molar-refractivity contribution is 6.22. The van der Waals surface area contributed by atoms with Gasteiger partial charge in [-0.3, -0.25) is 0 Å². The van der Waals surface area contributed by atoms with Crippen LogP contribution in [0.4, 0.5) is 0 Å². The quantitative estimate of drug-likeness (QED) is 0.203. The minimum absolute atomic E-state index is 0.580. The van der Waals surface area contributed by atoms with Crippen molar-refractivity contribution in [2.24, 2.45) is 0 Å². The second-order valence-electron chi connectivity index (χ2n) is 7.09. The maximum Gasteiger partial charge on any atom is 0.133 e. The summed E-state index contributed by atoms with van der Waals surface area (Å²) in [5.41, 5.74) is 6.79. The first-order valence-corrected chi connectivity index (χ1v) is 10.1. The smallest absolute Gasteiger partial charge is 0.133 e. The highest BCUT2D eigenvalue weighted by Crippen LogP contribution is 2.37. The molecule has 0 saturated carbocycles. The second-order valence-corrected chi connectivity index (χ2v) is 7.09. The number of benzene rings is 4. The lowest BCUT2D eigenvalue weighted by Gasteiger charge is -2.18. The van der Waals surface area contributed by atoms with Crippen LogP contribution in [0.3, 0.4) is 0 Å². The zero-order valence-electron chi connectivity index (χ0n) is 16.7. The molecule has 0 aliphatic heterocycles. The normalized spacial score (nSPS) is 11.3. The van der Waals surface area contributed by atoms with Gasteiger partial charge in [-0.2, -0.15) is 0 Å². The number of allylic oxidation sites excluding steroid dienone is 3. The lowest BCUT2D eigenvalue weighted by atomic mass is 9.84. The first-order valence-electron chi connectivity index (χ1n) is 10.1. The van der Waals surface area contributed by atoms with Crippen molar-refractivity contribution >= 4 is 22.7 Å². The second kappa shape index (κ2) is 9.52. The molecule has 0 aliphatic carbocycles. The van der Waals surface area contributed by atoms with Crippen molar-refractivity contribution in [1.82, 2.24) is 0 Å². The third-order valence-electron chi connectivity index (χ3n) is 5.12. The molecule has 144 valence electrons. The first-order chi connectivity index (χ1) is 14.9. The molecule has 0 bridgehead atoms. The number of hydrogen-bond acceptors (Lipinski definition) is 1. The number of hydrogen-bond donors (Lipinski definition) is 0. The van der Waals surface area contributed by atoms with Crippen molar-refractivity contribution in [3.63, 3.8) is 0 Å². The van der Waals surface area contributed by atoms with Crippen LogP contribution in [-0.4, -0.2) is 5.94 Å². The Hall–Kier alpha value is -3.93. The Balaban J connectivity index is 2.01.